The molecule has 1 heterocycles. The number of benzene rings is 1. The van der Waals surface area contributed by atoms with Gasteiger partial charge in [0, 0.05) is 11.6 Å². The van der Waals surface area contributed by atoms with E-state index < -0.39 is 5.97 Å². The van der Waals surface area contributed by atoms with E-state index in [1.165, 1.54) is 13.2 Å². The molecular weight excluding hydrogens is 254 g/mol. The quantitative estimate of drug-likeness (QED) is 0.486. The number of esters is 1. The molecule has 0 saturated heterocycles. The molecule has 0 radical (unpaired) electrons. The summed E-state index contributed by atoms with van der Waals surface area (Å²) in [4.78, 5) is 11.3. The van der Waals surface area contributed by atoms with Crippen LogP contribution >= 0.6 is 0 Å². The fourth-order valence-electron chi connectivity index (χ4n) is 1.69. The van der Waals surface area contributed by atoms with Gasteiger partial charge in [-0.05, 0) is 19.1 Å². The lowest BCUT2D eigenvalue weighted by atomic mass is 10.1. The number of furan rings is 1. The van der Waals surface area contributed by atoms with E-state index in [0.29, 0.717) is 11.5 Å². The molecule has 1 aromatic heterocycles. The van der Waals surface area contributed by atoms with Gasteiger partial charge < -0.3 is 9.15 Å². The van der Waals surface area contributed by atoms with Crippen molar-refractivity contribution < 1.29 is 13.9 Å². The Hall–Kier alpha value is -2.80. The second kappa shape index (κ2) is 5.89. The van der Waals surface area contributed by atoms with Crippen LogP contribution in [0.25, 0.3) is 17.4 Å². The highest BCUT2D eigenvalue weighted by Crippen LogP contribution is 2.23. The fourth-order valence-corrected chi connectivity index (χ4v) is 1.69. The van der Waals surface area contributed by atoms with E-state index in [9.17, 15) is 4.79 Å². The molecular formula is C16H13NO3. The van der Waals surface area contributed by atoms with Crippen molar-refractivity contribution in [3.63, 3.8) is 0 Å². The largest absolute Gasteiger partial charge is 0.465 e. The van der Waals surface area contributed by atoms with Crippen LogP contribution in [0.5, 0.6) is 0 Å². The molecule has 0 N–H and O–H groups in total. The maximum absolute atomic E-state index is 11.3. The van der Waals surface area contributed by atoms with Crippen LogP contribution in [0.2, 0.25) is 0 Å². The number of aryl methyl sites for hydroxylation is 1. The molecule has 0 unspecified atom stereocenters. The van der Waals surface area contributed by atoms with Gasteiger partial charge in [0.2, 0.25) is 0 Å². The van der Waals surface area contributed by atoms with Gasteiger partial charge in [0.15, 0.2) is 0 Å². The van der Waals surface area contributed by atoms with Gasteiger partial charge in [-0.2, -0.15) is 5.26 Å². The average molecular weight is 267 g/mol. The predicted molar refractivity (Wildman–Crippen MR) is 74.5 cm³/mol. The first kappa shape index (κ1) is 13.6. The summed E-state index contributed by atoms with van der Waals surface area (Å²) in [6.07, 6.45) is 1.36. The molecule has 0 aliphatic rings. The minimum Gasteiger partial charge on any atom is -0.465 e. The van der Waals surface area contributed by atoms with Crippen molar-refractivity contribution >= 4 is 12.0 Å². The van der Waals surface area contributed by atoms with Crippen molar-refractivity contribution in [2.75, 3.05) is 7.11 Å². The summed E-state index contributed by atoms with van der Waals surface area (Å²) in [6.45, 7) is 2.01. The molecule has 2 rings (SSSR count). The smallest absolute Gasteiger partial charge is 0.348 e. The number of methoxy groups -OCH3 is 1. The van der Waals surface area contributed by atoms with E-state index in [4.69, 9.17) is 9.68 Å². The van der Waals surface area contributed by atoms with Crippen molar-refractivity contribution in [1.29, 1.82) is 5.26 Å². The lowest BCUT2D eigenvalue weighted by Gasteiger charge is -1.97. The Kier molecular flexibility index (Phi) is 4.02. The third-order valence-electron chi connectivity index (χ3n) is 2.78. The van der Waals surface area contributed by atoms with Crippen LogP contribution in [0, 0.1) is 18.3 Å². The van der Waals surface area contributed by atoms with Crippen LogP contribution in [-0.4, -0.2) is 13.1 Å². The predicted octanol–water partition coefficient (Wildman–Crippen LogP) is 3.34. The van der Waals surface area contributed by atoms with E-state index in [0.717, 1.165) is 11.1 Å². The molecule has 20 heavy (non-hydrogen) atoms. The summed E-state index contributed by atoms with van der Waals surface area (Å²) >= 11 is 0. The Morgan fingerprint density at radius 3 is 2.55 bits per heavy atom. The summed E-state index contributed by atoms with van der Waals surface area (Å²) in [5, 5.41) is 8.88. The number of nitriles is 1. The molecule has 0 spiro atoms. The molecule has 4 heteroatoms. The highest BCUT2D eigenvalue weighted by Gasteiger charge is 2.10. The SMILES string of the molecule is COC(=O)C(C#N)=Cc1ccc(-c2ccc(C)cc2)o1. The van der Waals surface area contributed by atoms with Gasteiger partial charge in [-0.15, -0.1) is 0 Å². The van der Waals surface area contributed by atoms with Crippen molar-refractivity contribution in [2.24, 2.45) is 0 Å². The van der Waals surface area contributed by atoms with Crippen LogP contribution < -0.4 is 0 Å². The number of hydrogen-bond acceptors (Lipinski definition) is 4. The molecule has 0 amide bonds. The second-order valence-electron chi connectivity index (χ2n) is 4.23. The molecule has 0 bridgehead atoms. The van der Waals surface area contributed by atoms with Gasteiger partial charge in [0.1, 0.15) is 23.2 Å². The maximum Gasteiger partial charge on any atom is 0.348 e. The standard InChI is InChI=1S/C16H13NO3/c1-11-3-5-12(6-4-11)15-8-7-14(20-15)9-13(10-17)16(18)19-2/h3-9H,1-2H3. The Labute approximate surface area is 116 Å². The first-order valence-corrected chi connectivity index (χ1v) is 6.01. The number of hydrogen-bond donors (Lipinski definition) is 0. The summed E-state index contributed by atoms with van der Waals surface area (Å²) in [7, 11) is 1.23. The van der Waals surface area contributed by atoms with Gasteiger partial charge in [-0.3, -0.25) is 0 Å². The number of nitrogens with zero attached hydrogens (tertiary/aromatic N) is 1. The minimum atomic E-state index is -0.680. The average Bonchev–Trinajstić information content (AvgIpc) is 2.93. The Morgan fingerprint density at radius 2 is 1.95 bits per heavy atom. The van der Waals surface area contributed by atoms with E-state index in [1.807, 2.05) is 31.2 Å². The van der Waals surface area contributed by atoms with Crippen LogP contribution in [0.1, 0.15) is 11.3 Å². The normalized spacial score (nSPS) is 10.9. The van der Waals surface area contributed by atoms with Crippen molar-refractivity contribution in [3.05, 3.63) is 53.3 Å². The molecule has 0 saturated carbocycles. The maximum atomic E-state index is 11.3. The molecule has 1 aromatic carbocycles. The zero-order valence-corrected chi connectivity index (χ0v) is 11.2. The lowest BCUT2D eigenvalue weighted by Crippen LogP contribution is -2.02. The van der Waals surface area contributed by atoms with Gasteiger partial charge >= 0.3 is 5.97 Å². The van der Waals surface area contributed by atoms with Crippen LogP contribution in [0.3, 0.4) is 0 Å². The molecule has 4 nitrogen and oxygen atoms in total. The molecule has 0 fully saturated rings. The number of rotatable bonds is 3. The summed E-state index contributed by atoms with van der Waals surface area (Å²) < 4.78 is 10.1. The number of ether oxygens (including phenoxy) is 1. The highest BCUT2D eigenvalue weighted by molar-refractivity contribution is 5.97. The first-order chi connectivity index (χ1) is 9.63. The fraction of sp³-hybridized carbons (Fsp3) is 0.125. The molecule has 0 aliphatic carbocycles. The summed E-state index contributed by atoms with van der Waals surface area (Å²) in [6, 6.07) is 13.2. The third-order valence-corrected chi connectivity index (χ3v) is 2.78. The van der Waals surface area contributed by atoms with Crippen molar-refractivity contribution in [3.8, 4) is 17.4 Å². The number of carbonyl (C=O) groups is 1. The van der Waals surface area contributed by atoms with Gasteiger partial charge in [0.25, 0.3) is 0 Å². The van der Waals surface area contributed by atoms with Gasteiger partial charge in [0.05, 0.1) is 7.11 Å². The summed E-state index contributed by atoms with van der Waals surface area (Å²) in [5.74, 6) is 0.432. The van der Waals surface area contributed by atoms with E-state index in [-0.39, 0.29) is 5.57 Å². The molecule has 0 atom stereocenters. The van der Waals surface area contributed by atoms with Crippen LogP contribution in [-0.2, 0) is 9.53 Å². The molecule has 100 valence electrons. The topological polar surface area (TPSA) is 63.2 Å². The van der Waals surface area contributed by atoms with Crippen molar-refractivity contribution in [2.45, 2.75) is 6.92 Å². The van der Waals surface area contributed by atoms with E-state index >= 15 is 0 Å². The summed E-state index contributed by atoms with van der Waals surface area (Å²) in [5.41, 5.74) is 2.00. The molecule has 0 aliphatic heterocycles. The number of carbonyl (C=O) groups excluding carboxylic acids is 1. The highest BCUT2D eigenvalue weighted by atomic mass is 16.5. The minimum absolute atomic E-state index is 0.0997. The Morgan fingerprint density at radius 1 is 1.25 bits per heavy atom. The van der Waals surface area contributed by atoms with E-state index in [2.05, 4.69) is 4.74 Å². The van der Waals surface area contributed by atoms with Crippen LogP contribution in [0.15, 0.2) is 46.4 Å². The third kappa shape index (κ3) is 2.96. The van der Waals surface area contributed by atoms with Crippen molar-refractivity contribution in [1.82, 2.24) is 0 Å². The Balaban J connectivity index is 2.29. The zero-order chi connectivity index (χ0) is 14.5. The monoisotopic (exact) mass is 267 g/mol. The zero-order valence-electron chi connectivity index (χ0n) is 11.2. The first-order valence-electron chi connectivity index (χ1n) is 6.01. The molecule has 2 aromatic rings. The van der Waals surface area contributed by atoms with Gasteiger partial charge in [-0.25, -0.2) is 4.79 Å². The van der Waals surface area contributed by atoms with Crippen LogP contribution in [0.4, 0.5) is 0 Å². The second-order valence-corrected chi connectivity index (χ2v) is 4.23. The van der Waals surface area contributed by atoms with Gasteiger partial charge in [-0.1, -0.05) is 29.8 Å². The lowest BCUT2D eigenvalue weighted by molar-refractivity contribution is -0.135. The Bertz CT molecular complexity index is 687. The van der Waals surface area contributed by atoms with E-state index in [1.54, 1.807) is 18.2 Å².